The maximum absolute atomic E-state index is 13.5. The van der Waals surface area contributed by atoms with Gasteiger partial charge < -0.3 is 10.6 Å². The van der Waals surface area contributed by atoms with Crippen LogP contribution >= 0.6 is 0 Å². The Morgan fingerprint density at radius 3 is 2.83 bits per heavy atom. The molecule has 0 radical (unpaired) electrons. The van der Waals surface area contributed by atoms with Gasteiger partial charge in [0.15, 0.2) is 0 Å². The lowest BCUT2D eigenvalue weighted by molar-refractivity contribution is -0.120. The Bertz CT molecular complexity index is 418. The molecule has 0 saturated heterocycles. The van der Waals surface area contributed by atoms with Gasteiger partial charge in [0.25, 0.3) is 0 Å². The molecule has 2 N–H and O–H groups in total. The van der Waals surface area contributed by atoms with E-state index in [2.05, 4.69) is 10.6 Å². The van der Waals surface area contributed by atoms with Gasteiger partial charge in [0.1, 0.15) is 5.82 Å². The highest BCUT2D eigenvalue weighted by Gasteiger charge is 2.21. The molecule has 3 nitrogen and oxygen atoms in total. The van der Waals surface area contributed by atoms with E-state index < -0.39 is 0 Å². The van der Waals surface area contributed by atoms with E-state index in [1.807, 2.05) is 6.92 Å². The summed E-state index contributed by atoms with van der Waals surface area (Å²) in [4.78, 5) is 11.5. The van der Waals surface area contributed by atoms with E-state index >= 15 is 0 Å². The molecular formula is C14H19FN2O. The molecule has 1 aromatic rings. The number of rotatable bonds is 6. The Labute approximate surface area is 107 Å². The molecule has 1 atom stereocenters. The second kappa shape index (κ2) is 5.96. The van der Waals surface area contributed by atoms with E-state index in [1.165, 1.54) is 18.9 Å². The molecule has 1 fully saturated rings. The van der Waals surface area contributed by atoms with Crippen LogP contribution in [-0.2, 0) is 4.79 Å². The third-order valence-electron chi connectivity index (χ3n) is 3.23. The Kier molecular flexibility index (Phi) is 4.31. The molecule has 1 amide bonds. The van der Waals surface area contributed by atoms with Gasteiger partial charge in [0.2, 0.25) is 5.91 Å². The Hall–Kier alpha value is -1.42. The molecule has 0 heterocycles. The van der Waals surface area contributed by atoms with Crippen molar-refractivity contribution in [2.24, 2.45) is 5.92 Å². The number of nitrogens with one attached hydrogen (secondary N) is 2. The van der Waals surface area contributed by atoms with Crippen LogP contribution in [0.2, 0.25) is 0 Å². The maximum atomic E-state index is 13.5. The number of benzene rings is 1. The molecule has 2 rings (SSSR count). The van der Waals surface area contributed by atoms with Gasteiger partial charge in [0.05, 0.1) is 6.54 Å². The average Bonchev–Trinajstić information content (AvgIpc) is 3.18. The number of carbonyl (C=O) groups is 1. The second-order valence-corrected chi connectivity index (χ2v) is 4.87. The number of hydrogen-bond acceptors (Lipinski definition) is 2. The Morgan fingerprint density at radius 2 is 2.17 bits per heavy atom. The first kappa shape index (κ1) is 13.0. The summed E-state index contributed by atoms with van der Waals surface area (Å²) >= 11 is 0. The van der Waals surface area contributed by atoms with E-state index in [0.717, 1.165) is 6.54 Å². The zero-order chi connectivity index (χ0) is 13.0. The topological polar surface area (TPSA) is 41.1 Å². The van der Waals surface area contributed by atoms with Gasteiger partial charge in [-0.05, 0) is 31.7 Å². The van der Waals surface area contributed by atoms with Crippen LogP contribution in [0.25, 0.3) is 0 Å². The van der Waals surface area contributed by atoms with Crippen LogP contribution in [0, 0.1) is 11.7 Å². The molecule has 1 saturated carbocycles. The highest BCUT2D eigenvalue weighted by molar-refractivity contribution is 5.78. The minimum Gasteiger partial charge on any atom is -0.355 e. The third kappa shape index (κ3) is 3.81. The maximum Gasteiger partial charge on any atom is 0.233 e. The van der Waals surface area contributed by atoms with Crippen molar-refractivity contribution in [3.8, 4) is 0 Å². The summed E-state index contributed by atoms with van der Waals surface area (Å²) in [5, 5.41) is 5.90. The summed E-state index contributed by atoms with van der Waals surface area (Å²) in [5.41, 5.74) is 0.590. The van der Waals surface area contributed by atoms with Crippen molar-refractivity contribution in [1.29, 1.82) is 0 Å². The molecule has 1 aromatic carbocycles. The average molecular weight is 250 g/mol. The van der Waals surface area contributed by atoms with E-state index in [9.17, 15) is 9.18 Å². The van der Waals surface area contributed by atoms with Crippen LogP contribution in [0.3, 0.4) is 0 Å². The first-order chi connectivity index (χ1) is 8.66. The summed E-state index contributed by atoms with van der Waals surface area (Å²) in [7, 11) is 0. The SMILES string of the molecule is C[C@@H](NCC(=O)NCC1CC1)c1ccccc1F. The van der Waals surface area contributed by atoms with Crippen LogP contribution in [0.4, 0.5) is 4.39 Å². The van der Waals surface area contributed by atoms with E-state index in [1.54, 1.807) is 18.2 Å². The summed E-state index contributed by atoms with van der Waals surface area (Å²) < 4.78 is 13.5. The molecule has 0 unspecified atom stereocenters. The van der Waals surface area contributed by atoms with Gasteiger partial charge >= 0.3 is 0 Å². The van der Waals surface area contributed by atoms with Crippen molar-refractivity contribution in [3.63, 3.8) is 0 Å². The summed E-state index contributed by atoms with van der Waals surface area (Å²) in [6.07, 6.45) is 2.44. The van der Waals surface area contributed by atoms with E-state index in [-0.39, 0.29) is 24.3 Å². The second-order valence-electron chi connectivity index (χ2n) is 4.87. The van der Waals surface area contributed by atoms with Crippen molar-refractivity contribution in [1.82, 2.24) is 10.6 Å². The number of halogens is 1. The third-order valence-corrected chi connectivity index (χ3v) is 3.23. The lowest BCUT2D eigenvalue weighted by Crippen LogP contribution is -2.36. The number of amides is 1. The highest BCUT2D eigenvalue weighted by Crippen LogP contribution is 2.27. The molecular weight excluding hydrogens is 231 g/mol. The Morgan fingerprint density at radius 1 is 1.44 bits per heavy atom. The van der Waals surface area contributed by atoms with Gasteiger partial charge in [-0.1, -0.05) is 18.2 Å². The van der Waals surface area contributed by atoms with Crippen LogP contribution in [-0.4, -0.2) is 19.0 Å². The minimum atomic E-state index is -0.240. The van der Waals surface area contributed by atoms with Crippen LogP contribution in [0.15, 0.2) is 24.3 Å². The fourth-order valence-corrected chi connectivity index (χ4v) is 1.82. The van der Waals surface area contributed by atoms with Gasteiger partial charge in [-0.15, -0.1) is 0 Å². The fourth-order valence-electron chi connectivity index (χ4n) is 1.82. The largest absolute Gasteiger partial charge is 0.355 e. The molecule has 0 bridgehead atoms. The zero-order valence-electron chi connectivity index (χ0n) is 10.6. The molecule has 0 aromatic heterocycles. The summed E-state index contributed by atoms with van der Waals surface area (Å²) in [5.74, 6) is 0.416. The lowest BCUT2D eigenvalue weighted by atomic mass is 10.1. The van der Waals surface area contributed by atoms with Crippen molar-refractivity contribution < 1.29 is 9.18 Å². The van der Waals surface area contributed by atoms with Crippen LogP contribution in [0.1, 0.15) is 31.4 Å². The van der Waals surface area contributed by atoms with E-state index in [4.69, 9.17) is 0 Å². The first-order valence-corrected chi connectivity index (χ1v) is 6.41. The molecule has 0 aliphatic heterocycles. The predicted octanol–water partition coefficient (Wildman–Crippen LogP) is 2.00. The fraction of sp³-hybridized carbons (Fsp3) is 0.500. The lowest BCUT2D eigenvalue weighted by Gasteiger charge is -2.14. The van der Waals surface area contributed by atoms with Crippen molar-refractivity contribution in [3.05, 3.63) is 35.6 Å². The van der Waals surface area contributed by atoms with Gasteiger partial charge in [0, 0.05) is 18.2 Å². The van der Waals surface area contributed by atoms with Crippen molar-refractivity contribution >= 4 is 5.91 Å². The van der Waals surface area contributed by atoms with Crippen LogP contribution < -0.4 is 10.6 Å². The number of carbonyl (C=O) groups excluding carboxylic acids is 1. The molecule has 18 heavy (non-hydrogen) atoms. The highest BCUT2D eigenvalue weighted by atomic mass is 19.1. The minimum absolute atomic E-state index is 0.0231. The predicted molar refractivity (Wildman–Crippen MR) is 68.6 cm³/mol. The molecule has 4 heteroatoms. The molecule has 0 spiro atoms. The van der Waals surface area contributed by atoms with Crippen molar-refractivity contribution in [2.45, 2.75) is 25.8 Å². The normalized spacial score (nSPS) is 16.3. The number of hydrogen-bond donors (Lipinski definition) is 2. The monoisotopic (exact) mass is 250 g/mol. The van der Waals surface area contributed by atoms with Crippen molar-refractivity contribution in [2.75, 3.05) is 13.1 Å². The smallest absolute Gasteiger partial charge is 0.233 e. The quantitative estimate of drug-likeness (QED) is 0.811. The van der Waals surface area contributed by atoms with E-state index in [0.29, 0.717) is 11.5 Å². The molecule has 98 valence electrons. The summed E-state index contributed by atoms with van der Waals surface area (Å²) in [6, 6.07) is 6.45. The summed E-state index contributed by atoms with van der Waals surface area (Å²) in [6.45, 7) is 2.85. The van der Waals surface area contributed by atoms with Gasteiger partial charge in [-0.25, -0.2) is 4.39 Å². The molecule has 1 aliphatic carbocycles. The van der Waals surface area contributed by atoms with Gasteiger partial charge in [-0.2, -0.15) is 0 Å². The first-order valence-electron chi connectivity index (χ1n) is 6.41. The standard InChI is InChI=1S/C14H19FN2O/c1-10(12-4-2-3-5-13(12)15)16-9-14(18)17-8-11-6-7-11/h2-5,10-11,16H,6-9H2,1H3,(H,17,18)/t10-/m1/s1. The molecule has 1 aliphatic rings. The van der Waals surface area contributed by atoms with Gasteiger partial charge in [-0.3, -0.25) is 4.79 Å². The Balaban J connectivity index is 1.75. The van der Waals surface area contributed by atoms with Crippen LogP contribution in [0.5, 0.6) is 0 Å². The zero-order valence-corrected chi connectivity index (χ0v) is 10.6.